The number of anilines is 1. The fraction of sp³-hybridized carbons (Fsp3) is 0.647. The molecule has 20 heavy (non-hydrogen) atoms. The van der Waals surface area contributed by atoms with Crippen molar-refractivity contribution in [2.45, 2.75) is 58.2 Å². The highest BCUT2D eigenvalue weighted by atomic mass is 16.3. The molecule has 1 aliphatic carbocycles. The number of nitrogens with one attached hydrogen (secondary N) is 1. The predicted octanol–water partition coefficient (Wildman–Crippen LogP) is 2.93. The summed E-state index contributed by atoms with van der Waals surface area (Å²) in [5.74, 6) is 0. The topological polar surface area (TPSA) is 35.5 Å². The van der Waals surface area contributed by atoms with Crippen LogP contribution in [0.3, 0.4) is 0 Å². The normalized spacial score (nSPS) is 16.0. The molecule has 0 spiro atoms. The number of aliphatic hydroxyl groups is 1. The maximum Gasteiger partial charge on any atom is 0.0606 e. The Morgan fingerprint density at radius 3 is 2.50 bits per heavy atom. The number of nitrogens with zero attached hydrogens (tertiary/aromatic N) is 1. The summed E-state index contributed by atoms with van der Waals surface area (Å²) in [4.78, 5) is 2.39. The lowest BCUT2D eigenvalue weighted by Crippen LogP contribution is -2.43. The van der Waals surface area contributed by atoms with Crippen LogP contribution in [0.5, 0.6) is 0 Å². The van der Waals surface area contributed by atoms with Crippen molar-refractivity contribution in [2.75, 3.05) is 18.1 Å². The molecule has 0 bridgehead atoms. The van der Waals surface area contributed by atoms with Gasteiger partial charge in [0.25, 0.3) is 0 Å². The Bertz CT molecular complexity index is 421. The molecule has 0 unspecified atom stereocenters. The summed E-state index contributed by atoms with van der Waals surface area (Å²) in [5.41, 5.74) is 2.72. The molecular weight excluding hydrogens is 248 g/mol. The lowest BCUT2D eigenvalue weighted by molar-refractivity contribution is 0.283. The van der Waals surface area contributed by atoms with Crippen LogP contribution in [0.1, 0.15) is 45.6 Å². The molecule has 3 heteroatoms. The van der Waals surface area contributed by atoms with Gasteiger partial charge in [-0.25, -0.2) is 0 Å². The van der Waals surface area contributed by atoms with Gasteiger partial charge >= 0.3 is 0 Å². The van der Waals surface area contributed by atoms with Crippen molar-refractivity contribution in [3.63, 3.8) is 0 Å². The van der Waals surface area contributed by atoms with Gasteiger partial charge in [-0.15, -0.1) is 0 Å². The second-order valence-electron chi connectivity index (χ2n) is 6.73. The highest BCUT2D eigenvalue weighted by Crippen LogP contribution is 2.31. The van der Waals surface area contributed by atoms with Crippen LogP contribution in [0.25, 0.3) is 0 Å². The second-order valence-corrected chi connectivity index (χ2v) is 6.73. The molecule has 0 aromatic heterocycles. The first-order valence-corrected chi connectivity index (χ1v) is 7.72. The van der Waals surface area contributed by atoms with Gasteiger partial charge < -0.3 is 15.3 Å². The summed E-state index contributed by atoms with van der Waals surface area (Å²) in [6.45, 7) is 8.39. The highest BCUT2D eigenvalue weighted by molar-refractivity contribution is 5.55. The standard InChI is InChI=1S/C17H28N2O/c1-17(2,3)18-13-14-7-4-5-10-16(14)19(11-12-20)15-8-6-9-15/h4-5,7,10,15,18,20H,6,8-9,11-13H2,1-3H3. The quantitative estimate of drug-likeness (QED) is 0.838. The molecule has 0 aliphatic heterocycles. The minimum Gasteiger partial charge on any atom is -0.395 e. The predicted molar refractivity (Wildman–Crippen MR) is 85.1 cm³/mol. The fourth-order valence-corrected chi connectivity index (χ4v) is 2.61. The third kappa shape index (κ3) is 3.97. The molecular formula is C17H28N2O. The van der Waals surface area contributed by atoms with Crippen LogP contribution >= 0.6 is 0 Å². The van der Waals surface area contributed by atoms with Crippen LogP contribution < -0.4 is 10.2 Å². The summed E-state index contributed by atoms with van der Waals surface area (Å²) < 4.78 is 0. The van der Waals surface area contributed by atoms with E-state index in [1.807, 2.05) is 0 Å². The summed E-state index contributed by atoms with van der Waals surface area (Å²) in [6, 6.07) is 9.18. The number of hydrogen-bond donors (Lipinski definition) is 2. The first-order valence-electron chi connectivity index (χ1n) is 7.72. The van der Waals surface area contributed by atoms with Crippen molar-refractivity contribution in [2.24, 2.45) is 0 Å². The van der Waals surface area contributed by atoms with Crippen molar-refractivity contribution >= 4 is 5.69 Å². The number of para-hydroxylation sites is 1. The molecule has 3 nitrogen and oxygen atoms in total. The van der Waals surface area contributed by atoms with Crippen LogP contribution in [-0.2, 0) is 6.54 Å². The molecule has 1 saturated carbocycles. The number of aliphatic hydroxyl groups excluding tert-OH is 1. The summed E-state index contributed by atoms with van der Waals surface area (Å²) in [7, 11) is 0. The van der Waals surface area contributed by atoms with Gasteiger partial charge in [0.1, 0.15) is 0 Å². The molecule has 2 N–H and O–H groups in total. The van der Waals surface area contributed by atoms with Gasteiger partial charge in [0.05, 0.1) is 6.61 Å². The SMILES string of the molecule is CC(C)(C)NCc1ccccc1N(CCO)C1CCC1. The van der Waals surface area contributed by atoms with E-state index in [1.165, 1.54) is 30.5 Å². The summed E-state index contributed by atoms with van der Waals surface area (Å²) in [5, 5.41) is 12.9. The number of benzene rings is 1. The number of rotatable bonds is 6. The maximum atomic E-state index is 9.36. The van der Waals surface area contributed by atoms with Gasteiger partial charge in [-0.05, 0) is 51.7 Å². The maximum absolute atomic E-state index is 9.36. The third-order valence-electron chi connectivity index (χ3n) is 3.97. The van der Waals surface area contributed by atoms with Crippen molar-refractivity contribution in [1.29, 1.82) is 0 Å². The van der Waals surface area contributed by atoms with E-state index < -0.39 is 0 Å². The first kappa shape index (κ1) is 15.3. The summed E-state index contributed by atoms with van der Waals surface area (Å²) in [6.07, 6.45) is 3.82. The average Bonchev–Trinajstić information content (AvgIpc) is 2.33. The minimum absolute atomic E-state index is 0.116. The second kappa shape index (κ2) is 6.59. The van der Waals surface area contributed by atoms with Gasteiger partial charge in [0.15, 0.2) is 0 Å². The molecule has 0 heterocycles. The molecule has 112 valence electrons. The van der Waals surface area contributed by atoms with E-state index in [-0.39, 0.29) is 12.1 Å². The Hall–Kier alpha value is -1.06. The van der Waals surface area contributed by atoms with Crippen molar-refractivity contribution < 1.29 is 5.11 Å². The van der Waals surface area contributed by atoms with Crippen LogP contribution in [0.2, 0.25) is 0 Å². The third-order valence-corrected chi connectivity index (χ3v) is 3.97. The Labute approximate surface area is 123 Å². The van der Waals surface area contributed by atoms with Gasteiger partial charge in [-0.3, -0.25) is 0 Å². The zero-order valence-electron chi connectivity index (χ0n) is 13.0. The molecule has 0 atom stereocenters. The van der Waals surface area contributed by atoms with Gasteiger partial charge in [-0.1, -0.05) is 18.2 Å². The van der Waals surface area contributed by atoms with E-state index in [4.69, 9.17) is 0 Å². The lowest BCUT2D eigenvalue weighted by Gasteiger charge is -2.40. The van der Waals surface area contributed by atoms with E-state index in [1.54, 1.807) is 0 Å². The zero-order chi connectivity index (χ0) is 14.6. The van der Waals surface area contributed by atoms with Gasteiger partial charge in [0, 0.05) is 30.4 Å². The first-order chi connectivity index (χ1) is 9.51. The van der Waals surface area contributed by atoms with Crippen LogP contribution in [0.4, 0.5) is 5.69 Å². The van der Waals surface area contributed by atoms with Crippen molar-refractivity contribution in [3.8, 4) is 0 Å². The van der Waals surface area contributed by atoms with E-state index in [2.05, 4.69) is 55.3 Å². The van der Waals surface area contributed by atoms with E-state index >= 15 is 0 Å². The molecule has 1 aromatic carbocycles. The lowest BCUT2D eigenvalue weighted by atomic mass is 9.90. The van der Waals surface area contributed by atoms with E-state index in [9.17, 15) is 5.11 Å². The van der Waals surface area contributed by atoms with E-state index in [0.29, 0.717) is 6.04 Å². The van der Waals surface area contributed by atoms with Crippen LogP contribution in [0.15, 0.2) is 24.3 Å². The molecule has 0 amide bonds. The molecule has 0 saturated heterocycles. The Balaban J connectivity index is 2.16. The average molecular weight is 276 g/mol. The molecule has 1 aliphatic rings. The monoisotopic (exact) mass is 276 g/mol. The summed E-state index contributed by atoms with van der Waals surface area (Å²) >= 11 is 0. The van der Waals surface area contributed by atoms with Crippen LogP contribution in [0, 0.1) is 0 Å². The largest absolute Gasteiger partial charge is 0.395 e. The van der Waals surface area contributed by atoms with Crippen molar-refractivity contribution in [1.82, 2.24) is 5.32 Å². The number of hydrogen-bond acceptors (Lipinski definition) is 3. The highest BCUT2D eigenvalue weighted by Gasteiger charge is 2.26. The Morgan fingerprint density at radius 2 is 1.95 bits per heavy atom. The molecule has 1 fully saturated rings. The molecule has 1 aromatic rings. The molecule has 2 rings (SSSR count). The van der Waals surface area contributed by atoms with Crippen LogP contribution in [-0.4, -0.2) is 29.8 Å². The van der Waals surface area contributed by atoms with Gasteiger partial charge in [-0.2, -0.15) is 0 Å². The van der Waals surface area contributed by atoms with Crippen molar-refractivity contribution in [3.05, 3.63) is 29.8 Å². The Kier molecular flexibility index (Phi) is 5.06. The zero-order valence-corrected chi connectivity index (χ0v) is 13.0. The molecule has 0 radical (unpaired) electrons. The smallest absolute Gasteiger partial charge is 0.0606 e. The van der Waals surface area contributed by atoms with Gasteiger partial charge in [0.2, 0.25) is 0 Å². The Morgan fingerprint density at radius 1 is 1.25 bits per heavy atom. The minimum atomic E-state index is 0.116. The van der Waals surface area contributed by atoms with E-state index in [0.717, 1.165) is 13.1 Å². The fourth-order valence-electron chi connectivity index (χ4n) is 2.61.